The van der Waals surface area contributed by atoms with Gasteiger partial charge >= 0.3 is 0 Å². The molecule has 108 valence electrons. The van der Waals surface area contributed by atoms with Gasteiger partial charge in [-0.2, -0.15) is 0 Å². The maximum atomic E-state index is 12.0. The van der Waals surface area contributed by atoms with E-state index >= 15 is 0 Å². The summed E-state index contributed by atoms with van der Waals surface area (Å²) in [5.74, 6) is 0. The van der Waals surface area contributed by atoms with Gasteiger partial charge in [0, 0.05) is 12.2 Å². The number of nitrogens with two attached hydrogens (primary N) is 1. The fourth-order valence-electron chi connectivity index (χ4n) is 1.60. The van der Waals surface area contributed by atoms with Gasteiger partial charge in [-0.15, -0.1) is 11.3 Å². The molecule has 0 radical (unpaired) electrons. The first-order chi connectivity index (χ1) is 9.38. The molecule has 0 fully saturated rings. The van der Waals surface area contributed by atoms with Gasteiger partial charge in [0.15, 0.2) is 0 Å². The predicted octanol–water partition coefficient (Wildman–Crippen LogP) is 3.16. The molecule has 4 nitrogen and oxygen atoms in total. The summed E-state index contributed by atoms with van der Waals surface area (Å²) >= 11 is 12.6. The highest BCUT2D eigenvalue weighted by atomic mass is 35.5. The number of nitrogen functional groups attached to an aromatic ring is 1. The number of benzene rings is 1. The molecule has 0 aliphatic carbocycles. The second-order valence-electron chi connectivity index (χ2n) is 4.08. The molecule has 20 heavy (non-hydrogen) atoms. The van der Waals surface area contributed by atoms with Gasteiger partial charge in [-0.05, 0) is 30.2 Å². The van der Waals surface area contributed by atoms with Crippen LogP contribution < -0.4 is 10.5 Å². The second-order valence-corrected chi connectivity index (χ2v) is 8.10. The lowest BCUT2D eigenvalue weighted by Gasteiger charge is -2.06. The van der Waals surface area contributed by atoms with Gasteiger partial charge in [-0.1, -0.05) is 35.3 Å². The smallest absolute Gasteiger partial charge is 0.242 e. The molecule has 0 aliphatic heterocycles. The van der Waals surface area contributed by atoms with E-state index in [1.54, 1.807) is 12.1 Å². The van der Waals surface area contributed by atoms with Crippen LogP contribution in [0.1, 0.15) is 5.56 Å². The molecule has 1 aromatic heterocycles. The summed E-state index contributed by atoms with van der Waals surface area (Å²) in [6.45, 7) is 0.274. The molecule has 8 heteroatoms. The first kappa shape index (κ1) is 15.6. The van der Waals surface area contributed by atoms with Crippen LogP contribution in [0.2, 0.25) is 8.67 Å². The van der Waals surface area contributed by atoms with Gasteiger partial charge in [-0.25, -0.2) is 13.1 Å². The average molecular weight is 351 g/mol. The van der Waals surface area contributed by atoms with Gasteiger partial charge in [-0.3, -0.25) is 0 Å². The van der Waals surface area contributed by atoms with Crippen molar-refractivity contribution in [1.82, 2.24) is 4.72 Å². The van der Waals surface area contributed by atoms with E-state index in [-0.39, 0.29) is 15.8 Å². The second kappa shape index (κ2) is 6.32. The minimum absolute atomic E-state index is 0.0199. The van der Waals surface area contributed by atoms with Crippen molar-refractivity contribution in [3.63, 3.8) is 0 Å². The van der Waals surface area contributed by atoms with E-state index in [2.05, 4.69) is 4.72 Å². The molecule has 0 atom stereocenters. The Labute approximate surface area is 131 Å². The molecule has 2 aromatic rings. The van der Waals surface area contributed by atoms with E-state index in [9.17, 15) is 8.42 Å². The molecule has 0 saturated heterocycles. The van der Waals surface area contributed by atoms with Crippen molar-refractivity contribution in [3.05, 3.63) is 44.6 Å². The van der Waals surface area contributed by atoms with Crippen molar-refractivity contribution in [1.29, 1.82) is 0 Å². The molecule has 0 bridgehead atoms. The summed E-state index contributed by atoms with van der Waals surface area (Å²) in [4.78, 5) is 0.0199. The maximum Gasteiger partial charge on any atom is 0.242 e. The Balaban J connectivity index is 1.99. The normalized spacial score (nSPS) is 11.7. The van der Waals surface area contributed by atoms with Crippen molar-refractivity contribution in [2.75, 3.05) is 12.3 Å². The molecule has 1 heterocycles. The van der Waals surface area contributed by atoms with Crippen LogP contribution in [-0.4, -0.2) is 15.0 Å². The first-order valence-corrected chi connectivity index (χ1v) is 8.73. The molecule has 3 N–H and O–H groups in total. The van der Waals surface area contributed by atoms with Crippen molar-refractivity contribution in [2.45, 2.75) is 11.3 Å². The monoisotopic (exact) mass is 350 g/mol. The molecule has 1 aromatic carbocycles. The van der Waals surface area contributed by atoms with E-state index in [0.717, 1.165) is 16.9 Å². The number of anilines is 1. The molecule has 2 rings (SSSR count). The number of thiophene rings is 1. The highest BCUT2D eigenvalue weighted by Gasteiger charge is 2.20. The fraction of sp³-hybridized carbons (Fsp3) is 0.167. The summed E-state index contributed by atoms with van der Waals surface area (Å²) < 4.78 is 27.1. The van der Waals surface area contributed by atoms with Crippen LogP contribution in [0.15, 0.2) is 35.2 Å². The minimum atomic E-state index is -3.63. The number of hydrogen-bond donors (Lipinski definition) is 2. The van der Waals surface area contributed by atoms with Gasteiger partial charge in [0.1, 0.15) is 9.23 Å². The topological polar surface area (TPSA) is 72.2 Å². The number of halogens is 2. The largest absolute Gasteiger partial charge is 0.399 e. The lowest BCUT2D eigenvalue weighted by atomic mass is 10.1. The Morgan fingerprint density at radius 1 is 1.20 bits per heavy atom. The first-order valence-electron chi connectivity index (χ1n) is 5.67. The highest BCUT2D eigenvalue weighted by Crippen LogP contribution is 2.33. The van der Waals surface area contributed by atoms with E-state index in [4.69, 9.17) is 28.9 Å². The summed E-state index contributed by atoms with van der Waals surface area (Å²) in [5.41, 5.74) is 7.25. The Morgan fingerprint density at radius 2 is 1.85 bits per heavy atom. The van der Waals surface area contributed by atoms with Crippen LogP contribution >= 0.6 is 34.5 Å². The summed E-state index contributed by atoms with van der Waals surface area (Å²) in [6.07, 6.45) is 0.564. The summed E-state index contributed by atoms with van der Waals surface area (Å²) in [5, 5.41) is 0. The van der Waals surface area contributed by atoms with Gasteiger partial charge in [0.05, 0.1) is 4.34 Å². The zero-order valence-electron chi connectivity index (χ0n) is 10.3. The maximum absolute atomic E-state index is 12.0. The van der Waals surface area contributed by atoms with E-state index in [1.807, 2.05) is 12.1 Å². The summed E-state index contributed by atoms with van der Waals surface area (Å²) in [7, 11) is -3.63. The van der Waals surface area contributed by atoms with E-state index in [0.29, 0.717) is 16.4 Å². The van der Waals surface area contributed by atoms with Crippen LogP contribution in [0.3, 0.4) is 0 Å². The van der Waals surface area contributed by atoms with Crippen LogP contribution in [0.25, 0.3) is 0 Å². The third-order valence-electron chi connectivity index (χ3n) is 2.60. The third-order valence-corrected chi connectivity index (χ3v) is 5.81. The third kappa shape index (κ3) is 3.86. The average Bonchev–Trinajstić information content (AvgIpc) is 2.72. The van der Waals surface area contributed by atoms with Crippen molar-refractivity contribution in [3.8, 4) is 0 Å². The lowest BCUT2D eigenvalue weighted by Crippen LogP contribution is -2.25. The molecular formula is C12H12Cl2N2O2S2. The van der Waals surface area contributed by atoms with Crippen molar-refractivity contribution in [2.24, 2.45) is 0 Å². The van der Waals surface area contributed by atoms with Crippen molar-refractivity contribution >= 4 is 50.2 Å². The van der Waals surface area contributed by atoms with Crippen LogP contribution in [0, 0.1) is 0 Å². The Hall–Kier alpha value is -0.790. The minimum Gasteiger partial charge on any atom is -0.399 e. The van der Waals surface area contributed by atoms with Crippen LogP contribution in [0.5, 0.6) is 0 Å². The van der Waals surface area contributed by atoms with Crippen molar-refractivity contribution < 1.29 is 8.42 Å². The quantitative estimate of drug-likeness (QED) is 0.813. The summed E-state index contributed by atoms with van der Waals surface area (Å²) in [6, 6.07) is 8.62. The molecular weight excluding hydrogens is 339 g/mol. The lowest BCUT2D eigenvalue weighted by molar-refractivity contribution is 0.582. The van der Waals surface area contributed by atoms with Crippen LogP contribution in [-0.2, 0) is 16.4 Å². The van der Waals surface area contributed by atoms with E-state index in [1.165, 1.54) is 6.07 Å². The van der Waals surface area contributed by atoms with E-state index < -0.39 is 10.0 Å². The Morgan fingerprint density at radius 3 is 2.40 bits per heavy atom. The number of hydrogen-bond acceptors (Lipinski definition) is 4. The standard InChI is InChI=1S/C12H12Cl2N2O2S2/c13-11-7-10(12(14)19-11)20(17,18)16-6-5-8-1-3-9(15)4-2-8/h1-4,7,16H,5-6,15H2. The number of sulfonamides is 1. The molecule has 0 unspecified atom stereocenters. The van der Waals surface area contributed by atoms with Gasteiger partial charge in [0.25, 0.3) is 0 Å². The number of rotatable bonds is 5. The molecule has 0 aliphatic rings. The zero-order valence-corrected chi connectivity index (χ0v) is 13.4. The molecule has 0 spiro atoms. The predicted molar refractivity (Wildman–Crippen MR) is 84.1 cm³/mol. The zero-order chi connectivity index (χ0) is 14.8. The fourth-order valence-corrected chi connectivity index (χ4v) is 4.78. The van der Waals surface area contributed by atoms with Crippen LogP contribution in [0.4, 0.5) is 5.69 Å². The Bertz CT molecular complexity index is 697. The number of nitrogens with one attached hydrogen (secondary N) is 1. The molecule has 0 amide bonds. The van der Waals surface area contributed by atoms with Gasteiger partial charge in [0.2, 0.25) is 10.0 Å². The van der Waals surface area contributed by atoms with Gasteiger partial charge < -0.3 is 5.73 Å². The molecule has 0 saturated carbocycles. The Kier molecular flexibility index (Phi) is 4.93. The highest BCUT2D eigenvalue weighted by molar-refractivity contribution is 7.89. The SMILES string of the molecule is Nc1ccc(CCNS(=O)(=O)c2cc(Cl)sc2Cl)cc1.